The third-order valence-corrected chi connectivity index (χ3v) is 3.72. The van der Waals surface area contributed by atoms with Gasteiger partial charge in [-0.25, -0.2) is 0 Å². The number of nitrogens with one attached hydrogen (secondary N) is 1. The second kappa shape index (κ2) is 5.50. The molecule has 1 aromatic rings. The molecule has 1 aromatic heterocycles. The molecule has 0 aliphatic heterocycles. The Morgan fingerprint density at radius 3 is 2.88 bits per heavy atom. The quantitative estimate of drug-likeness (QED) is 0.841. The van der Waals surface area contributed by atoms with E-state index in [1.807, 2.05) is 13.0 Å². The first-order chi connectivity index (χ1) is 8.18. The number of alkyl halides is 1. The summed E-state index contributed by atoms with van der Waals surface area (Å²) in [5, 5.41) is 2.37. The molecular formula is C13H17ClN2O. The van der Waals surface area contributed by atoms with Gasteiger partial charge in [0.2, 0.25) is 5.91 Å². The van der Waals surface area contributed by atoms with Gasteiger partial charge in [-0.05, 0) is 31.4 Å². The van der Waals surface area contributed by atoms with Crippen molar-refractivity contribution in [1.29, 1.82) is 0 Å². The zero-order valence-corrected chi connectivity index (χ0v) is 10.7. The second-order valence-corrected chi connectivity index (χ2v) is 5.02. The summed E-state index contributed by atoms with van der Waals surface area (Å²) in [6.45, 7) is 1.94. The van der Waals surface area contributed by atoms with Gasteiger partial charge in [-0.1, -0.05) is 12.8 Å². The van der Waals surface area contributed by atoms with Crippen LogP contribution in [0, 0.1) is 6.92 Å². The highest BCUT2D eigenvalue weighted by Crippen LogP contribution is 2.25. The molecule has 17 heavy (non-hydrogen) atoms. The molecular weight excluding hydrogens is 236 g/mol. The van der Waals surface area contributed by atoms with E-state index in [1.54, 1.807) is 12.4 Å². The number of aromatic nitrogens is 1. The van der Waals surface area contributed by atoms with E-state index in [0.717, 1.165) is 24.0 Å². The van der Waals surface area contributed by atoms with Crippen LogP contribution < -0.4 is 5.32 Å². The van der Waals surface area contributed by atoms with Crippen molar-refractivity contribution in [1.82, 2.24) is 10.3 Å². The zero-order valence-electron chi connectivity index (χ0n) is 9.95. The number of nitrogens with zero attached hydrogens (tertiary/aromatic N) is 1. The van der Waals surface area contributed by atoms with Gasteiger partial charge >= 0.3 is 0 Å². The first-order valence-corrected chi connectivity index (χ1v) is 6.47. The maximum absolute atomic E-state index is 12.0. The van der Waals surface area contributed by atoms with Gasteiger partial charge in [-0.15, -0.1) is 11.6 Å². The Morgan fingerprint density at radius 2 is 2.24 bits per heavy atom. The van der Waals surface area contributed by atoms with Gasteiger partial charge in [-0.3, -0.25) is 9.78 Å². The molecule has 0 radical (unpaired) electrons. The zero-order chi connectivity index (χ0) is 12.3. The van der Waals surface area contributed by atoms with Gasteiger partial charge in [0.25, 0.3) is 0 Å². The van der Waals surface area contributed by atoms with Crippen LogP contribution in [0.25, 0.3) is 0 Å². The van der Waals surface area contributed by atoms with Crippen molar-refractivity contribution >= 4 is 17.5 Å². The number of pyridine rings is 1. The van der Waals surface area contributed by atoms with Gasteiger partial charge in [0, 0.05) is 24.0 Å². The molecule has 1 fully saturated rings. The van der Waals surface area contributed by atoms with Crippen LogP contribution in [0.15, 0.2) is 18.5 Å². The number of hydrogen-bond acceptors (Lipinski definition) is 2. The summed E-state index contributed by atoms with van der Waals surface area (Å²) < 4.78 is 0. The maximum Gasteiger partial charge on any atom is 0.242 e. The Bertz CT molecular complexity index is 402. The molecule has 1 aliphatic carbocycles. The van der Waals surface area contributed by atoms with Crippen molar-refractivity contribution in [3.8, 4) is 0 Å². The average molecular weight is 253 g/mol. The molecule has 1 heterocycles. The van der Waals surface area contributed by atoms with Crippen molar-refractivity contribution in [3.63, 3.8) is 0 Å². The Balaban J connectivity index is 2.01. The number of rotatable bonds is 3. The predicted molar refractivity (Wildman–Crippen MR) is 68.0 cm³/mol. The maximum atomic E-state index is 12.0. The molecule has 1 unspecified atom stereocenters. The molecule has 4 heteroatoms. The van der Waals surface area contributed by atoms with E-state index in [9.17, 15) is 4.79 Å². The molecule has 2 rings (SSSR count). The summed E-state index contributed by atoms with van der Waals surface area (Å²) in [6, 6.07) is 2.17. The minimum absolute atomic E-state index is 0.102. The van der Waals surface area contributed by atoms with Gasteiger partial charge < -0.3 is 5.32 Å². The molecule has 0 aromatic carbocycles. The van der Waals surface area contributed by atoms with E-state index in [0.29, 0.717) is 6.04 Å². The molecule has 3 nitrogen and oxygen atoms in total. The van der Waals surface area contributed by atoms with Crippen LogP contribution in [0.3, 0.4) is 0 Å². The van der Waals surface area contributed by atoms with E-state index in [4.69, 9.17) is 11.6 Å². The number of carbonyl (C=O) groups is 1. The number of hydrogen-bond donors (Lipinski definition) is 1. The normalized spacial score (nSPS) is 18.0. The topological polar surface area (TPSA) is 42.0 Å². The number of carbonyl (C=O) groups excluding carboxylic acids is 1. The largest absolute Gasteiger partial charge is 0.352 e. The van der Waals surface area contributed by atoms with E-state index < -0.39 is 5.38 Å². The Kier molecular flexibility index (Phi) is 4.00. The van der Waals surface area contributed by atoms with Crippen LogP contribution in [-0.2, 0) is 4.79 Å². The van der Waals surface area contributed by atoms with E-state index in [-0.39, 0.29) is 5.91 Å². The van der Waals surface area contributed by atoms with Crippen LogP contribution >= 0.6 is 11.6 Å². The third kappa shape index (κ3) is 2.97. The van der Waals surface area contributed by atoms with Crippen LogP contribution in [0.4, 0.5) is 0 Å². The minimum atomic E-state index is -0.635. The van der Waals surface area contributed by atoms with Crippen LogP contribution in [0.5, 0.6) is 0 Å². The minimum Gasteiger partial charge on any atom is -0.352 e. The van der Waals surface area contributed by atoms with Crippen molar-refractivity contribution < 1.29 is 4.79 Å². The van der Waals surface area contributed by atoms with Crippen LogP contribution in [-0.4, -0.2) is 16.9 Å². The van der Waals surface area contributed by atoms with Gasteiger partial charge in [0.15, 0.2) is 0 Å². The summed E-state index contributed by atoms with van der Waals surface area (Å²) in [5.41, 5.74) is 1.80. The summed E-state index contributed by atoms with van der Waals surface area (Å²) in [5.74, 6) is -0.102. The molecule has 0 spiro atoms. The highest BCUT2D eigenvalue weighted by atomic mass is 35.5. The molecule has 0 bridgehead atoms. The lowest BCUT2D eigenvalue weighted by atomic mass is 10.1. The van der Waals surface area contributed by atoms with Gasteiger partial charge in [0.05, 0.1) is 0 Å². The summed E-state index contributed by atoms with van der Waals surface area (Å²) >= 11 is 6.19. The van der Waals surface area contributed by atoms with Gasteiger partial charge in [-0.2, -0.15) is 0 Å². The number of amides is 1. The molecule has 1 saturated carbocycles. The molecule has 0 saturated heterocycles. The first kappa shape index (κ1) is 12.4. The Hall–Kier alpha value is -1.09. The fourth-order valence-corrected chi connectivity index (χ4v) is 2.52. The average Bonchev–Trinajstić information content (AvgIpc) is 2.81. The summed E-state index contributed by atoms with van der Waals surface area (Å²) in [4.78, 5) is 16.0. The molecule has 1 amide bonds. The van der Waals surface area contributed by atoms with E-state index in [2.05, 4.69) is 10.3 Å². The van der Waals surface area contributed by atoms with Crippen LogP contribution in [0.1, 0.15) is 42.2 Å². The monoisotopic (exact) mass is 252 g/mol. The summed E-state index contributed by atoms with van der Waals surface area (Å²) in [6.07, 6.45) is 7.91. The van der Waals surface area contributed by atoms with Gasteiger partial charge in [0.1, 0.15) is 5.38 Å². The summed E-state index contributed by atoms with van der Waals surface area (Å²) in [7, 11) is 0. The van der Waals surface area contributed by atoms with Crippen molar-refractivity contribution in [2.75, 3.05) is 0 Å². The third-order valence-electron chi connectivity index (χ3n) is 3.28. The molecule has 1 N–H and O–H groups in total. The van der Waals surface area contributed by atoms with Crippen molar-refractivity contribution in [2.24, 2.45) is 0 Å². The lowest BCUT2D eigenvalue weighted by Crippen LogP contribution is -2.35. The SMILES string of the molecule is Cc1ccncc1C(Cl)C(=O)NC1CCCC1. The first-order valence-electron chi connectivity index (χ1n) is 6.03. The lowest BCUT2D eigenvalue weighted by Gasteiger charge is -2.16. The standard InChI is InChI=1S/C13H17ClN2O/c1-9-6-7-15-8-11(9)12(14)13(17)16-10-4-2-3-5-10/h6-8,10,12H,2-5H2,1H3,(H,16,17). The fourth-order valence-electron chi connectivity index (χ4n) is 2.23. The van der Waals surface area contributed by atoms with Crippen LogP contribution in [0.2, 0.25) is 0 Å². The van der Waals surface area contributed by atoms with E-state index >= 15 is 0 Å². The predicted octanol–water partition coefficient (Wildman–Crippen LogP) is 2.73. The fraction of sp³-hybridized carbons (Fsp3) is 0.538. The molecule has 1 atom stereocenters. The Labute approximate surface area is 107 Å². The van der Waals surface area contributed by atoms with Crippen molar-refractivity contribution in [2.45, 2.75) is 44.0 Å². The second-order valence-electron chi connectivity index (χ2n) is 4.58. The highest BCUT2D eigenvalue weighted by Gasteiger charge is 2.24. The highest BCUT2D eigenvalue weighted by molar-refractivity contribution is 6.30. The molecule has 1 aliphatic rings. The number of halogens is 1. The number of aryl methyl sites for hydroxylation is 1. The molecule has 92 valence electrons. The lowest BCUT2D eigenvalue weighted by molar-refractivity contribution is -0.121. The van der Waals surface area contributed by atoms with E-state index in [1.165, 1.54) is 12.8 Å². The van der Waals surface area contributed by atoms with Crippen molar-refractivity contribution in [3.05, 3.63) is 29.6 Å². The smallest absolute Gasteiger partial charge is 0.242 e. The Morgan fingerprint density at radius 1 is 1.53 bits per heavy atom.